The molecule has 118 valence electrons. The predicted molar refractivity (Wildman–Crippen MR) is 84.2 cm³/mol. The molecule has 1 aromatic carbocycles. The maximum atomic E-state index is 12.0. The monoisotopic (exact) mass is 303 g/mol. The first-order valence-corrected chi connectivity index (χ1v) is 7.57. The number of benzene rings is 1. The molecule has 1 saturated carbocycles. The number of likely N-dealkylation sites (N-methyl/N-ethyl adjacent to an activating group) is 1. The average molecular weight is 303 g/mol. The molecule has 1 fully saturated rings. The summed E-state index contributed by atoms with van der Waals surface area (Å²) < 4.78 is 5.51. The van der Waals surface area contributed by atoms with Crippen molar-refractivity contribution in [1.82, 2.24) is 4.90 Å². The number of nitrogens with zero attached hydrogens (tertiary/aromatic N) is 2. The topological polar surface area (TPSA) is 61.9 Å². The molecule has 0 unspecified atom stereocenters. The van der Waals surface area contributed by atoms with Gasteiger partial charge in [-0.1, -0.05) is 0 Å². The Morgan fingerprint density at radius 1 is 1.41 bits per heavy atom. The molecule has 1 aliphatic heterocycles. The van der Waals surface area contributed by atoms with Crippen LogP contribution in [0.25, 0.3) is 0 Å². The van der Waals surface area contributed by atoms with Crippen molar-refractivity contribution in [2.75, 3.05) is 44.0 Å². The number of anilines is 2. The molecule has 22 heavy (non-hydrogen) atoms. The number of hydrogen-bond donors (Lipinski definition) is 1. The minimum Gasteiger partial charge on any atom is -0.481 e. The van der Waals surface area contributed by atoms with Crippen molar-refractivity contribution in [3.63, 3.8) is 0 Å². The summed E-state index contributed by atoms with van der Waals surface area (Å²) in [4.78, 5) is 27.6. The molecule has 1 aliphatic carbocycles. The summed E-state index contributed by atoms with van der Waals surface area (Å²) in [5.41, 5.74) is 1.49. The first-order chi connectivity index (χ1) is 10.5. The minimum atomic E-state index is -0.0379. The third-order valence-corrected chi connectivity index (χ3v) is 3.89. The first kappa shape index (κ1) is 14.8. The summed E-state index contributed by atoms with van der Waals surface area (Å²) in [6.07, 6.45) is 1.94. The third kappa shape index (κ3) is 3.22. The zero-order valence-electron chi connectivity index (χ0n) is 13.0. The minimum absolute atomic E-state index is 0.0379. The number of rotatable bonds is 5. The van der Waals surface area contributed by atoms with E-state index in [0.717, 1.165) is 30.8 Å². The second-order valence-corrected chi connectivity index (χ2v) is 6.08. The van der Waals surface area contributed by atoms with Crippen LogP contribution >= 0.6 is 0 Å². The van der Waals surface area contributed by atoms with Crippen molar-refractivity contribution in [2.45, 2.75) is 12.8 Å². The molecule has 6 nitrogen and oxygen atoms in total. The molecular formula is C16H21N3O3. The Balaban J connectivity index is 1.76. The summed E-state index contributed by atoms with van der Waals surface area (Å²) in [5, 5.41) is 2.90. The van der Waals surface area contributed by atoms with Gasteiger partial charge >= 0.3 is 0 Å². The van der Waals surface area contributed by atoms with Crippen molar-refractivity contribution in [3.05, 3.63) is 18.2 Å². The molecule has 0 atom stereocenters. The Bertz CT molecular complexity index is 596. The fourth-order valence-corrected chi connectivity index (χ4v) is 2.42. The Kier molecular flexibility index (Phi) is 4.02. The van der Waals surface area contributed by atoms with Crippen molar-refractivity contribution in [2.24, 2.45) is 5.92 Å². The van der Waals surface area contributed by atoms with E-state index in [1.807, 2.05) is 31.1 Å². The van der Waals surface area contributed by atoms with Crippen molar-refractivity contribution in [1.29, 1.82) is 0 Å². The first-order valence-electron chi connectivity index (χ1n) is 7.57. The summed E-state index contributed by atoms with van der Waals surface area (Å²) in [7, 11) is 3.95. The lowest BCUT2D eigenvalue weighted by Crippen LogP contribution is -2.42. The van der Waals surface area contributed by atoms with Crippen molar-refractivity contribution < 1.29 is 14.3 Å². The van der Waals surface area contributed by atoms with Gasteiger partial charge < -0.3 is 19.9 Å². The van der Waals surface area contributed by atoms with Crippen LogP contribution in [0.4, 0.5) is 11.4 Å². The highest BCUT2D eigenvalue weighted by atomic mass is 16.5. The van der Waals surface area contributed by atoms with Gasteiger partial charge in [-0.05, 0) is 39.1 Å². The highest BCUT2D eigenvalue weighted by molar-refractivity contribution is 5.99. The maximum Gasteiger partial charge on any atom is 0.265 e. The van der Waals surface area contributed by atoms with E-state index in [1.165, 1.54) is 0 Å². The summed E-state index contributed by atoms with van der Waals surface area (Å²) in [6, 6.07) is 5.46. The number of hydrogen-bond acceptors (Lipinski definition) is 4. The van der Waals surface area contributed by atoms with Crippen molar-refractivity contribution >= 4 is 23.2 Å². The van der Waals surface area contributed by atoms with Crippen LogP contribution in [0, 0.1) is 5.92 Å². The number of fused-ring (bicyclic) bond motifs is 1. The van der Waals surface area contributed by atoms with Crippen LogP contribution in [0.3, 0.4) is 0 Å². The highest BCUT2D eigenvalue weighted by Gasteiger charge is 2.30. The molecule has 3 rings (SSSR count). The van der Waals surface area contributed by atoms with E-state index in [2.05, 4.69) is 5.32 Å². The van der Waals surface area contributed by atoms with Gasteiger partial charge in [0.15, 0.2) is 6.61 Å². The molecule has 0 aromatic heterocycles. The van der Waals surface area contributed by atoms with Crippen LogP contribution in [0.1, 0.15) is 12.8 Å². The van der Waals surface area contributed by atoms with Crippen LogP contribution in [-0.2, 0) is 9.59 Å². The molecule has 0 bridgehead atoms. The van der Waals surface area contributed by atoms with Gasteiger partial charge in [0, 0.05) is 30.8 Å². The van der Waals surface area contributed by atoms with Gasteiger partial charge in [-0.25, -0.2) is 0 Å². The molecule has 1 N–H and O–H groups in total. The second-order valence-electron chi connectivity index (χ2n) is 6.08. The summed E-state index contributed by atoms with van der Waals surface area (Å²) in [5.74, 6) is 0.836. The van der Waals surface area contributed by atoms with Crippen LogP contribution in [0.2, 0.25) is 0 Å². The second kappa shape index (κ2) is 5.96. The summed E-state index contributed by atoms with van der Waals surface area (Å²) >= 11 is 0. The Hall–Kier alpha value is -2.08. The van der Waals surface area contributed by atoms with Gasteiger partial charge in [0.1, 0.15) is 5.75 Å². The molecule has 0 radical (unpaired) electrons. The van der Waals surface area contributed by atoms with Gasteiger partial charge in [0.2, 0.25) is 5.91 Å². The predicted octanol–water partition coefficient (Wildman–Crippen LogP) is 1.32. The number of amides is 2. The number of nitrogens with one attached hydrogen (secondary N) is 1. The zero-order chi connectivity index (χ0) is 15.7. The lowest BCUT2D eigenvalue weighted by Gasteiger charge is -2.30. The Morgan fingerprint density at radius 3 is 2.86 bits per heavy atom. The number of carbonyl (C=O) groups is 2. The third-order valence-electron chi connectivity index (χ3n) is 3.89. The highest BCUT2D eigenvalue weighted by Crippen LogP contribution is 2.35. The van der Waals surface area contributed by atoms with Gasteiger partial charge in [-0.2, -0.15) is 0 Å². The average Bonchev–Trinajstić information content (AvgIpc) is 3.30. The van der Waals surface area contributed by atoms with Crippen molar-refractivity contribution in [3.8, 4) is 5.75 Å². The lowest BCUT2D eigenvalue weighted by atomic mass is 10.2. The van der Waals surface area contributed by atoms with Gasteiger partial charge in [-0.15, -0.1) is 0 Å². The van der Waals surface area contributed by atoms with E-state index in [4.69, 9.17) is 4.74 Å². The number of ether oxygens (including phenoxy) is 1. The molecule has 2 aliphatic rings. The fraction of sp³-hybridized carbons (Fsp3) is 0.500. The van der Waals surface area contributed by atoms with E-state index >= 15 is 0 Å². The Labute approximate surface area is 130 Å². The summed E-state index contributed by atoms with van der Waals surface area (Å²) in [6.45, 7) is 1.45. The van der Waals surface area contributed by atoms with Gasteiger partial charge in [0.05, 0.1) is 5.69 Å². The van der Waals surface area contributed by atoms with Crippen LogP contribution in [0.5, 0.6) is 5.75 Å². The van der Waals surface area contributed by atoms with Crippen LogP contribution < -0.4 is 15.0 Å². The molecule has 2 amide bonds. The normalized spacial score (nSPS) is 17.2. The fourth-order valence-electron chi connectivity index (χ4n) is 2.42. The number of carbonyl (C=O) groups excluding carboxylic acids is 2. The van der Waals surface area contributed by atoms with E-state index in [1.54, 1.807) is 11.0 Å². The SMILES string of the molecule is CN(C)CCN1C(=O)COc2cc(NC(=O)C3CC3)ccc21. The molecule has 0 saturated heterocycles. The Morgan fingerprint density at radius 2 is 2.18 bits per heavy atom. The zero-order valence-corrected chi connectivity index (χ0v) is 13.0. The quantitative estimate of drug-likeness (QED) is 0.891. The molecular weight excluding hydrogens is 282 g/mol. The largest absolute Gasteiger partial charge is 0.481 e. The standard InChI is InChI=1S/C16H21N3O3/c1-18(2)7-8-19-13-6-5-12(17-16(21)11-3-4-11)9-14(13)22-10-15(19)20/h5-6,9,11H,3-4,7-8,10H2,1-2H3,(H,17,21). The van der Waals surface area contributed by atoms with E-state index in [0.29, 0.717) is 12.3 Å². The smallest absolute Gasteiger partial charge is 0.265 e. The molecule has 1 heterocycles. The van der Waals surface area contributed by atoms with Crippen LogP contribution in [0.15, 0.2) is 18.2 Å². The maximum absolute atomic E-state index is 12.0. The van der Waals surface area contributed by atoms with E-state index < -0.39 is 0 Å². The van der Waals surface area contributed by atoms with Crippen LogP contribution in [-0.4, -0.2) is 50.5 Å². The molecule has 6 heteroatoms. The molecule has 0 spiro atoms. The van der Waals surface area contributed by atoms with Gasteiger partial charge in [-0.3, -0.25) is 9.59 Å². The lowest BCUT2D eigenvalue weighted by molar-refractivity contribution is -0.121. The van der Waals surface area contributed by atoms with E-state index in [9.17, 15) is 9.59 Å². The van der Waals surface area contributed by atoms with E-state index in [-0.39, 0.29) is 24.3 Å². The van der Waals surface area contributed by atoms with Gasteiger partial charge in [0.25, 0.3) is 5.91 Å². The molecule has 1 aromatic rings.